The van der Waals surface area contributed by atoms with Crippen LogP contribution in [0.25, 0.3) is 11.0 Å². The van der Waals surface area contributed by atoms with Gasteiger partial charge < -0.3 is 4.74 Å². The van der Waals surface area contributed by atoms with Gasteiger partial charge in [-0.15, -0.1) is 11.3 Å². The molecule has 2 atom stereocenters. The summed E-state index contributed by atoms with van der Waals surface area (Å²) in [4.78, 5) is 34.6. The van der Waals surface area contributed by atoms with E-state index in [0.717, 1.165) is 27.0 Å². The van der Waals surface area contributed by atoms with Crippen molar-refractivity contribution in [3.63, 3.8) is 0 Å². The predicted octanol–water partition coefficient (Wildman–Crippen LogP) is 4.76. The van der Waals surface area contributed by atoms with Crippen LogP contribution in [0.4, 0.5) is 5.95 Å². The van der Waals surface area contributed by atoms with Crippen molar-refractivity contribution in [3.8, 4) is 0 Å². The molecular weight excluding hydrogens is 434 g/mol. The number of carbonyl (C=O) groups is 2. The van der Waals surface area contributed by atoms with Gasteiger partial charge in [0.1, 0.15) is 0 Å². The minimum Gasteiger partial charge on any atom is -0.465 e. The molecular formula is C26H25N3O3S. The van der Waals surface area contributed by atoms with Crippen molar-refractivity contribution in [1.29, 1.82) is 0 Å². The van der Waals surface area contributed by atoms with E-state index in [9.17, 15) is 9.59 Å². The second-order valence-electron chi connectivity index (χ2n) is 8.14. The monoisotopic (exact) mass is 459 g/mol. The number of thiophene rings is 1. The van der Waals surface area contributed by atoms with Gasteiger partial charge in [-0.3, -0.25) is 19.1 Å². The number of aromatic nitrogens is 2. The van der Waals surface area contributed by atoms with Crippen molar-refractivity contribution in [2.75, 3.05) is 18.1 Å². The molecule has 1 aliphatic heterocycles. The number of hydrogen-bond acceptors (Lipinski definition) is 5. The number of hydrogen-bond donors (Lipinski definition) is 0. The Bertz CT molecular complexity index is 1310. The molecule has 5 rings (SSSR count). The zero-order valence-electron chi connectivity index (χ0n) is 18.6. The molecule has 2 aromatic carbocycles. The summed E-state index contributed by atoms with van der Waals surface area (Å²) >= 11 is 1.56. The van der Waals surface area contributed by atoms with Crippen LogP contribution in [0.15, 0.2) is 66.0 Å². The lowest BCUT2D eigenvalue weighted by atomic mass is 9.92. The van der Waals surface area contributed by atoms with Crippen molar-refractivity contribution < 1.29 is 14.3 Å². The van der Waals surface area contributed by atoms with E-state index in [-0.39, 0.29) is 12.5 Å². The van der Waals surface area contributed by atoms with Crippen LogP contribution in [0, 0.1) is 12.8 Å². The van der Waals surface area contributed by atoms with Gasteiger partial charge in [-0.05, 0) is 55.0 Å². The van der Waals surface area contributed by atoms with E-state index in [1.807, 2.05) is 73.0 Å². The van der Waals surface area contributed by atoms with Gasteiger partial charge >= 0.3 is 5.97 Å². The zero-order valence-corrected chi connectivity index (χ0v) is 19.4. The van der Waals surface area contributed by atoms with Gasteiger partial charge in [0.15, 0.2) is 5.92 Å². The average Bonchev–Trinajstić information content (AvgIpc) is 3.42. The van der Waals surface area contributed by atoms with Gasteiger partial charge in [0.05, 0.1) is 23.7 Å². The van der Waals surface area contributed by atoms with Crippen LogP contribution in [-0.4, -0.2) is 34.6 Å². The molecule has 0 saturated carbocycles. The normalized spacial score (nSPS) is 17.9. The third-order valence-electron chi connectivity index (χ3n) is 6.12. The number of benzene rings is 2. The van der Waals surface area contributed by atoms with Crippen LogP contribution in [0.2, 0.25) is 0 Å². The van der Waals surface area contributed by atoms with E-state index in [0.29, 0.717) is 18.9 Å². The van der Waals surface area contributed by atoms with Crippen LogP contribution in [0.5, 0.6) is 0 Å². The van der Waals surface area contributed by atoms with Crippen LogP contribution in [-0.2, 0) is 20.7 Å². The molecule has 2 unspecified atom stereocenters. The summed E-state index contributed by atoms with van der Waals surface area (Å²) in [5.74, 6) is -1.14. The van der Waals surface area contributed by atoms with E-state index in [1.54, 1.807) is 23.2 Å². The summed E-state index contributed by atoms with van der Waals surface area (Å²) in [5, 5.41) is 2.00. The number of carbonyl (C=O) groups excluding carboxylic acids is 2. The lowest BCUT2D eigenvalue weighted by molar-refractivity contribution is -0.153. The highest BCUT2D eigenvalue weighted by Gasteiger charge is 2.48. The number of amides is 1. The molecule has 0 bridgehead atoms. The predicted molar refractivity (Wildman–Crippen MR) is 130 cm³/mol. The Morgan fingerprint density at radius 2 is 1.85 bits per heavy atom. The highest BCUT2D eigenvalue weighted by Crippen LogP contribution is 2.43. The molecule has 0 radical (unpaired) electrons. The number of rotatable bonds is 6. The van der Waals surface area contributed by atoms with Gasteiger partial charge in [-0.25, -0.2) is 4.98 Å². The van der Waals surface area contributed by atoms with Crippen LogP contribution < -0.4 is 4.90 Å². The SMILES string of the molecule is CCOC(=O)C1C(=O)N(CCc2ccccc2)c2nc3ccccc3n2C1c1sccc1C. The van der Waals surface area contributed by atoms with Crippen LogP contribution >= 0.6 is 11.3 Å². The topological polar surface area (TPSA) is 64.4 Å². The Morgan fingerprint density at radius 1 is 1.09 bits per heavy atom. The fraction of sp³-hybridized carbons (Fsp3) is 0.269. The van der Waals surface area contributed by atoms with Crippen molar-refractivity contribution in [2.24, 2.45) is 5.92 Å². The first kappa shape index (κ1) is 21.4. The number of aryl methyl sites for hydroxylation is 1. The van der Waals surface area contributed by atoms with E-state index in [4.69, 9.17) is 9.72 Å². The summed E-state index contributed by atoms with van der Waals surface area (Å²) in [7, 11) is 0. The molecule has 168 valence electrons. The summed E-state index contributed by atoms with van der Waals surface area (Å²) in [6.45, 7) is 4.43. The second kappa shape index (κ2) is 8.83. The van der Waals surface area contributed by atoms with Crippen LogP contribution in [0.3, 0.4) is 0 Å². The molecule has 33 heavy (non-hydrogen) atoms. The molecule has 4 aromatic rings. The Morgan fingerprint density at radius 3 is 2.58 bits per heavy atom. The van der Waals surface area contributed by atoms with E-state index >= 15 is 0 Å². The molecule has 2 aromatic heterocycles. The molecule has 0 fully saturated rings. The van der Waals surface area contributed by atoms with Gasteiger partial charge in [0.2, 0.25) is 11.9 Å². The van der Waals surface area contributed by atoms with Crippen molar-refractivity contribution in [2.45, 2.75) is 26.3 Å². The maximum Gasteiger partial charge on any atom is 0.321 e. The Labute approximate surface area is 196 Å². The third-order valence-corrected chi connectivity index (χ3v) is 7.21. The second-order valence-corrected chi connectivity index (χ2v) is 9.09. The Kier molecular flexibility index (Phi) is 5.72. The van der Waals surface area contributed by atoms with Gasteiger partial charge in [-0.1, -0.05) is 42.5 Å². The first-order chi connectivity index (χ1) is 16.1. The minimum atomic E-state index is -0.969. The molecule has 3 heterocycles. The summed E-state index contributed by atoms with van der Waals surface area (Å²) in [6, 6.07) is 19.4. The fourth-order valence-corrected chi connectivity index (χ4v) is 5.61. The first-order valence-electron chi connectivity index (χ1n) is 11.1. The highest BCUT2D eigenvalue weighted by molar-refractivity contribution is 7.10. The largest absolute Gasteiger partial charge is 0.465 e. The fourth-order valence-electron chi connectivity index (χ4n) is 4.56. The number of anilines is 1. The highest BCUT2D eigenvalue weighted by atomic mass is 32.1. The van der Waals surface area contributed by atoms with E-state index in [1.165, 1.54) is 0 Å². The summed E-state index contributed by atoms with van der Waals surface area (Å²) < 4.78 is 7.48. The lowest BCUT2D eigenvalue weighted by Crippen LogP contribution is -2.50. The number of nitrogens with zero attached hydrogens (tertiary/aromatic N) is 3. The minimum absolute atomic E-state index is 0.223. The number of ether oxygens (including phenoxy) is 1. The maximum absolute atomic E-state index is 13.9. The van der Waals surface area contributed by atoms with Gasteiger partial charge in [-0.2, -0.15) is 0 Å². The van der Waals surface area contributed by atoms with Gasteiger partial charge in [0.25, 0.3) is 0 Å². The third kappa shape index (κ3) is 3.72. The quantitative estimate of drug-likeness (QED) is 0.308. The summed E-state index contributed by atoms with van der Waals surface area (Å²) in [6.07, 6.45) is 0.661. The molecule has 1 amide bonds. The molecule has 6 nitrogen and oxygen atoms in total. The molecule has 0 spiro atoms. The number of para-hydroxylation sites is 2. The zero-order chi connectivity index (χ0) is 22.9. The van der Waals surface area contributed by atoms with E-state index in [2.05, 4.69) is 4.57 Å². The van der Waals surface area contributed by atoms with Crippen LogP contribution in [0.1, 0.15) is 29.0 Å². The van der Waals surface area contributed by atoms with Crippen molar-refractivity contribution >= 4 is 40.2 Å². The molecule has 7 heteroatoms. The molecule has 0 aliphatic carbocycles. The molecule has 0 saturated heterocycles. The maximum atomic E-state index is 13.9. The first-order valence-corrected chi connectivity index (χ1v) is 12.0. The lowest BCUT2D eigenvalue weighted by Gasteiger charge is -2.37. The molecule has 0 N–H and O–H groups in total. The number of esters is 1. The van der Waals surface area contributed by atoms with Crippen molar-refractivity contribution in [3.05, 3.63) is 82.0 Å². The summed E-state index contributed by atoms with van der Waals surface area (Å²) in [5.41, 5.74) is 3.87. The van der Waals surface area contributed by atoms with E-state index < -0.39 is 17.9 Å². The van der Waals surface area contributed by atoms with Crippen molar-refractivity contribution in [1.82, 2.24) is 9.55 Å². The standard InChI is InChI=1S/C26H25N3O3S/c1-3-32-25(31)21-22(23-17(2)14-16-33-23)29-20-12-8-7-11-19(20)27-26(29)28(24(21)30)15-13-18-9-5-4-6-10-18/h4-12,14,16,21-22H,3,13,15H2,1-2H3. The average molecular weight is 460 g/mol. The Balaban J connectivity index is 1.68. The number of fused-ring (bicyclic) bond motifs is 3. The van der Waals surface area contributed by atoms with Gasteiger partial charge in [0, 0.05) is 11.4 Å². The Hall–Kier alpha value is -3.45. The molecule has 1 aliphatic rings. The smallest absolute Gasteiger partial charge is 0.321 e. The number of imidazole rings is 1.